The van der Waals surface area contributed by atoms with Crippen molar-refractivity contribution in [1.82, 2.24) is 14.9 Å². The van der Waals surface area contributed by atoms with Crippen LogP contribution in [0.2, 0.25) is 0 Å². The first-order valence-corrected chi connectivity index (χ1v) is 7.44. The van der Waals surface area contributed by atoms with Crippen molar-refractivity contribution in [3.8, 4) is 17.0 Å². The molecule has 2 heterocycles. The molecule has 2 aromatic rings. The molecule has 1 atom stereocenters. The Balaban J connectivity index is 2.09. The van der Waals surface area contributed by atoms with E-state index in [2.05, 4.69) is 9.97 Å². The number of benzene rings is 1. The minimum absolute atomic E-state index is 0.00823. The Hall–Kier alpha value is -2.43. The van der Waals surface area contributed by atoms with Crippen molar-refractivity contribution in [3.05, 3.63) is 42.4 Å². The van der Waals surface area contributed by atoms with Gasteiger partial charge in [-0.15, -0.1) is 0 Å². The number of methoxy groups -OCH3 is 1. The van der Waals surface area contributed by atoms with Crippen molar-refractivity contribution in [2.24, 2.45) is 0 Å². The monoisotopic (exact) mass is 297 g/mol. The highest BCUT2D eigenvalue weighted by Gasteiger charge is 2.31. The second-order valence-electron chi connectivity index (χ2n) is 5.36. The number of carbonyl (C=O) groups excluding carboxylic acids is 1. The Bertz CT molecular complexity index is 687. The highest BCUT2D eigenvalue weighted by Crippen LogP contribution is 2.38. The van der Waals surface area contributed by atoms with Gasteiger partial charge in [-0.1, -0.05) is 12.1 Å². The van der Waals surface area contributed by atoms with E-state index in [9.17, 15) is 4.79 Å². The van der Waals surface area contributed by atoms with Crippen LogP contribution in [-0.4, -0.2) is 34.4 Å². The first kappa shape index (κ1) is 14.5. The summed E-state index contributed by atoms with van der Waals surface area (Å²) >= 11 is 0. The maximum Gasteiger partial charge on any atom is 0.220 e. The number of nitrogens with zero attached hydrogens (tertiary/aromatic N) is 3. The summed E-state index contributed by atoms with van der Waals surface area (Å²) in [6, 6.07) is 7.75. The number of aromatic nitrogens is 2. The minimum atomic E-state index is -0.00823. The summed E-state index contributed by atoms with van der Waals surface area (Å²) in [6.07, 6.45) is 5.27. The Labute approximate surface area is 130 Å². The molecule has 0 spiro atoms. The predicted molar refractivity (Wildman–Crippen MR) is 83.4 cm³/mol. The average molecular weight is 297 g/mol. The van der Waals surface area contributed by atoms with Crippen molar-refractivity contribution in [1.29, 1.82) is 0 Å². The van der Waals surface area contributed by atoms with Crippen LogP contribution in [0.5, 0.6) is 5.75 Å². The Morgan fingerprint density at radius 2 is 2.05 bits per heavy atom. The lowest BCUT2D eigenvalue weighted by Gasteiger charge is -2.24. The first-order valence-electron chi connectivity index (χ1n) is 7.44. The van der Waals surface area contributed by atoms with Gasteiger partial charge in [0.2, 0.25) is 5.91 Å². The summed E-state index contributed by atoms with van der Waals surface area (Å²) in [5.41, 5.74) is 2.54. The van der Waals surface area contributed by atoms with Gasteiger partial charge in [0.15, 0.2) is 0 Å². The van der Waals surface area contributed by atoms with Crippen LogP contribution >= 0.6 is 0 Å². The van der Waals surface area contributed by atoms with E-state index in [0.717, 1.165) is 42.1 Å². The van der Waals surface area contributed by atoms with E-state index in [1.807, 2.05) is 29.2 Å². The van der Waals surface area contributed by atoms with Crippen molar-refractivity contribution in [3.63, 3.8) is 0 Å². The summed E-state index contributed by atoms with van der Waals surface area (Å²) in [4.78, 5) is 22.8. The average Bonchev–Trinajstić information content (AvgIpc) is 3.04. The van der Waals surface area contributed by atoms with Crippen LogP contribution in [0.25, 0.3) is 11.3 Å². The van der Waals surface area contributed by atoms with E-state index < -0.39 is 0 Å². The second-order valence-corrected chi connectivity index (χ2v) is 5.36. The molecule has 5 nitrogen and oxygen atoms in total. The standard InChI is InChI=1S/C17H19N3O2/c1-12(21)20-11-5-7-14(20)17-16(18-9-10-19-17)13-6-3-4-8-15(13)22-2/h3-4,6,8-10,14H,5,7,11H2,1-2H3/t14-/m0/s1. The fourth-order valence-electron chi connectivity index (χ4n) is 3.07. The van der Waals surface area contributed by atoms with Gasteiger partial charge in [-0.05, 0) is 25.0 Å². The molecule has 0 unspecified atom stereocenters. The number of para-hydroxylation sites is 1. The van der Waals surface area contributed by atoms with Gasteiger partial charge >= 0.3 is 0 Å². The van der Waals surface area contributed by atoms with Crippen molar-refractivity contribution < 1.29 is 9.53 Å². The fourth-order valence-corrected chi connectivity index (χ4v) is 3.07. The number of rotatable bonds is 3. The van der Waals surface area contributed by atoms with Crippen LogP contribution in [0.3, 0.4) is 0 Å². The molecule has 0 N–H and O–H groups in total. The molecule has 0 bridgehead atoms. The van der Waals surface area contributed by atoms with Gasteiger partial charge in [0.1, 0.15) is 5.75 Å². The smallest absolute Gasteiger partial charge is 0.220 e. The van der Waals surface area contributed by atoms with E-state index in [0.29, 0.717) is 0 Å². The van der Waals surface area contributed by atoms with Gasteiger partial charge < -0.3 is 9.64 Å². The van der Waals surface area contributed by atoms with Crippen LogP contribution in [0.1, 0.15) is 31.5 Å². The van der Waals surface area contributed by atoms with Crippen LogP contribution < -0.4 is 4.74 Å². The molecule has 0 aliphatic carbocycles. The number of carbonyl (C=O) groups is 1. The predicted octanol–water partition coefficient (Wildman–Crippen LogP) is 2.84. The van der Waals surface area contributed by atoms with Crippen LogP contribution in [0.15, 0.2) is 36.7 Å². The largest absolute Gasteiger partial charge is 0.496 e. The lowest BCUT2D eigenvalue weighted by molar-refractivity contribution is -0.129. The molecule has 0 radical (unpaired) electrons. The molecule has 5 heteroatoms. The van der Waals surface area contributed by atoms with E-state index >= 15 is 0 Å². The van der Waals surface area contributed by atoms with Gasteiger partial charge in [-0.25, -0.2) is 0 Å². The van der Waals surface area contributed by atoms with Gasteiger partial charge in [0.05, 0.1) is 24.5 Å². The molecule has 1 amide bonds. The van der Waals surface area contributed by atoms with Crippen molar-refractivity contribution in [2.75, 3.05) is 13.7 Å². The van der Waals surface area contributed by atoms with Crippen molar-refractivity contribution in [2.45, 2.75) is 25.8 Å². The minimum Gasteiger partial charge on any atom is -0.496 e. The highest BCUT2D eigenvalue weighted by molar-refractivity contribution is 5.75. The second kappa shape index (κ2) is 6.13. The number of ether oxygens (including phenoxy) is 1. The molecular formula is C17H19N3O2. The molecule has 22 heavy (non-hydrogen) atoms. The lowest BCUT2D eigenvalue weighted by atomic mass is 10.0. The summed E-state index contributed by atoms with van der Waals surface area (Å²) in [5.74, 6) is 0.843. The molecule has 1 fully saturated rings. The topological polar surface area (TPSA) is 55.3 Å². The van der Waals surface area contributed by atoms with E-state index in [1.165, 1.54) is 0 Å². The van der Waals surface area contributed by atoms with E-state index in [1.54, 1.807) is 26.4 Å². The van der Waals surface area contributed by atoms with E-state index in [4.69, 9.17) is 4.74 Å². The zero-order valence-corrected chi connectivity index (χ0v) is 12.8. The van der Waals surface area contributed by atoms with E-state index in [-0.39, 0.29) is 11.9 Å². The normalized spacial score (nSPS) is 17.5. The molecule has 1 aliphatic heterocycles. The zero-order chi connectivity index (χ0) is 15.5. The maximum atomic E-state index is 11.9. The van der Waals surface area contributed by atoms with Crippen LogP contribution in [0, 0.1) is 0 Å². The Morgan fingerprint density at radius 1 is 1.27 bits per heavy atom. The van der Waals surface area contributed by atoms with Gasteiger partial charge in [0, 0.05) is 31.4 Å². The first-order chi connectivity index (χ1) is 10.7. The molecule has 1 aliphatic rings. The maximum absolute atomic E-state index is 11.9. The Kier molecular flexibility index (Phi) is 4.04. The van der Waals surface area contributed by atoms with Crippen LogP contribution in [0.4, 0.5) is 0 Å². The third-order valence-electron chi connectivity index (χ3n) is 4.06. The summed E-state index contributed by atoms with van der Waals surface area (Å²) < 4.78 is 5.44. The third-order valence-corrected chi connectivity index (χ3v) is 4.06. The number of hydrogen-bond donors (Lipinski definition) is 0. The van der Waals surface area contributed by atoms with Gasteiger partial charge in [-0.2, -0.15) is 0 Å². The van der Waals surface area contributed by atoms with Crippen LogP contribution in [-0.2, 0) is 4.79 Å². The van der Waals surface area contributed by atoms with Gasteiger partial charge in [-0.3, -0.25) is 14.8 Å². The number of likely N-dealkylation sites (tertiary alicyclic amines) is 1. The molecule has 0 saturated carbocycles. The Morgan fingerprint density at radius 3 is 2.82 bits per heavy atom. The zero-order valence-electron chi connectivity index (χ0n) is 12.8. The fraction of sp³-hybridized carbons (Fsp3) is 0.353. The molecule has 1 aromatic heterocycles. The third kappa shape index (κ3) is 2.54. The summed E-state index contributed by atoms with van der Waals surface area (Å²) in [7, 11) is 1.65. The van der Waals surface area contributed by atoms with Crippen molar-refractivity contribution >= 4 is 5.91 Å². The lowest BCUT2D eigenvalue weighted by Crippen LogP contribution is -2.29. The SMILES string of the molecule is COc1ccccc1-c1nccnc1[C@@H]1CCCN1C(C)=O. The number of amides is 1. The molecule has 114 valence electrons. The molecule has 1 aromatic carbocycles. The molecule has 3 rings (SSSR count). The molecular weight excluding hydrogens is 278 g/mol. The molecule has 1 saturated heterocycles. The number of hydrogen-bond acceptors (Lipinski definition) is 4. The quantitative estimate of drug-likeness (QED) is 0.874. The highest BCUT2D eigenvalue weighted by atomic mass is 16.5. The summed E-state index contributed by atoms with van der Waals surface area (Å²) in [6.45, 7) is 2.39. The van der Waals surface area contributed by atoms with Gasteiger partial charge in [0.25, 0.3) is 0 Å². The summed E-state index contributed by atoms with van der Waals surface area (Å²) in [5, 5.41) is 0.